The van der Waals surface area contributed by atoms with Crippen LogP contribution in [0, 0.1) is 5.92 Å². The predicted molar refractivity (Wildman–Crippen MR) is 74.5 cm³/mol. The topological polar surface area (TPSA) is 56.7 Å². The maximum Gasteiger partial charge on any atom is 0.143 e. The molecule has 2 aliphatic rings. The maximum atomic E-state index is 5.75. The van der Waals surface area contributed by atoms with Crippen LogP contribution in [0.1, 0.15) is 62.3 Å². The van der Waals surface area contributed by atoms with Crippen LogP contribution in [0.15, 0.2) is 0 Å². The van der Waals surface area contributed by atoms with Crippen LogP contribution in [0.5, 0.6) is 0 Å². The van der Waals surface area contributed by atoms with Crippen molar-refractivity contribution in [2.45, 2.75) is 57.4 Å². The molecule has 0 bridgehead atoms. The number of aryl methyl sites for hydroxylation is 1. The first-order chi connectivity index (χ1) is 8.75. The molecule has 2 saturated carbocycles. The van der Waals surface area contributed by atoms with Gasteiger partial charge in [0.05, 0.1) is 5.69 Å². The molecule has 0 unspecified atom stereocenters. The lowest BCUT2D eigenvalue weighted by Crippen LogP contribution is -2.22. The second kappa shape index (κ2) is 4.96. The molecular formula is C13H20N4S. The van der Waals surface area contributed by atoms with E-state index in [9.17, 15) is 0 Å². The van der Waals surface area contributed by atoms with Crippen LogP contribution in [-0.2, 0) is 6.54 Å². The van der Waals surface area contributed by atoms with Gasteiger partial charge in [-0.25, -0.2) is 4.68 Å². The van der Waals surface area contributed by atoms with Gasteiger partial charge in [-0.05, 0) is 25.2 Å². The van der Waals surface area contributed by atoms with E-state index in [4.69, 9.17) is 18.0 Å². The van der Waals surface area contributed by atoms with Gasteiger partial charge in [0, 0.05) is 12.5 Å². The lowest BCUT2D eigenvalue weighted by molar-refractivity contribution is 0.271. The Bertz CT molecular complexity index is 446. The lowest BCUT2D eigenvalue weighted by Gasteiger charge is -2.28. The minimum Gasteiger partial charge on any atom is -0.388 e. The Balaban J connectivity index is 1.76. The Kier molecular flexibility index (Phi) is 3.33. The molecule has 0 spiro atoms. The van der Waals surface area contributed by atoms with Gasteiger partial charge >= 0.3 is 0 Å². The number of nitrogens with two attached hydrogens (primary N) is 1. The second-order valence-electron chi connectivity index (χ2n) is 5.62. The van der Waals surface area contributed by atoms with Crippen molar-refractivity contribution < 1.29 is 0 Å². The Morgan fingerprint density at radius 1 is 1.28 bits per heavy atom. The normalized spacial score (nSPS) is 20.4. The standard InChI is InChI=1S/C13H20N4S/c14-13(18)11-12(10-5-2-6-10)17(16-15-11)8-7-9-3-1-4-9/h9-10H,1-8H2,(H2,14,18). The molecule has 1 aromatic heterocycles. The third-order valence-electron chi connectivity index (χ3n) is 4.47. The van der Waals surface area contributed by atoms with Crippen molar-refractivity contribution in [1.82, 2.24) is 15.0 Å². The van der Waals surface area contributed by atoms with E-state index in [1.807, 2.05) is 0 Å². The molecule has 2 fully saturated rings. The van der Waals surface area contributed by atoms with Crippen LogP contribution < -0.4 is 5.73 Å². The second-order valence-corrected chi connectivity index (χ2v) is 6.06. The molecule has 5 heteroatoms. The smallest absolute Gasteiger partial charge is 0.143 e. The first-order valence-electron chi connectivity index (χ1n) is 6.99. The van der Waals surface area contributed by atoms with Crippen LogP contribution >= 0.6 is 12.2 Å². The molecule has 1 heterocycles. The molecule has 4 nitrogen and oxygen atoms in total. The largest absolute Gasteiger partial charge is 0.388 e. The summed E-state index contributed by atoms with van der Waals surface area (Å²) in [6.07, 6.45) is 9.15. The number of rotatable bonds is 5. The van der Waals surface area contributed by atoms with Gasteiger partial charge in [0.15, 0.2) is 0 Å². The zero-order chi connectivity index (χ0) is 12.5. The minimum absolute atomic E-state index is 0.395. The summed E-state index contributed by atoms with van der Waals surface area (Å²) in [5, 5.41) is 8.46. The molecular weight excluding hydrogens is 244 g/mol. The van der Waals surface area contributed by atoms with Gasteiger partial charge in [-0.1, -0.05) is 43.1 Å². The molecule has 0 radical (unpaired) electrons. The molecule has 0 aliphatic heterocycles. The molecule has 3 rings (SSSR count). The molecule has 0 atom stereocenters. The van der Waals surface area contributed by atoms with Gasteiger partial charge in [0.2, 0.25) is 0 Å². The Labute approximate surface area is 113 Å². The summed E-state index contributed by atoms with van der Waals surface area (Å²) in [6.45, 7) is 0.978. The highest BCUT2D eigenvalue weighted by molar-refractivity contribution is 7.80. The van der Waals surface area contributed by atoms with Gasteiger partial charge in [0.25, 0.3) is 0 Å². The van der Waals surface area contributed by atoms with Crippen molar-refractivity contribution in [3.05, 3.63) is 11.4 Å². The number of hydrogen-bond donors (Lipinski definition) is 1. The lowest BCUT2D eigenvalue weighted by atomic mass is 9.81. The maximum absolute atomic E-state index is 5.75. The van der Waals surface area contributed by atoms with Crippen molar-refractivity contribution in [2.24, 2.45) is 11.7 Å². The third kappa shape index (κ3) is 2.16. The van der Waals surface area contributed by atoms with Crippen LogP contribution in [0.2, 0.25) is 0 Å². The number of thiocarbonyl (C=S) groups is 1. The van der Waals surface area contributed by atoms with E-state index in [0.717, 1.165) is 18.2 Å². The van der Waals surface area contributed by atoms with Crippen LogP contribution in [0.4, 0.5) is 0 Å². The molecule has 2 aliphatic carbocycles. The summed E-state index contributed by atoms with van der Waals surface area (Å²) in [6, 6.07) is 0. The van der Waals surface area contributed by atoms with E-state index in [1.165, 1.54) is 50.6 Å². The molecule has 2 N–H and O–H groups in total. The highest BCUT2D eigenvalue weighted by Gasteiger charge is 2.29. The van der Waals surface area contributed by atoms with Crippen molar-refractivity contribution in [2.75, 3.05) is 0 Å². The Morgan fingerprint density at radius 2 is 2.00 bits per heavy atom. The van der Waals surface area contributed by atoms with Crippen molar-refractivity contribution in [1.29, 1.82) is 0 Å². The number of hydrogen-bond acceptors (Lipinski definition) is 3. The van der Waals surface area contributed by atoms with E-state index < -0.39 is 0 Å². The fraction of sp³-hybridized carbons (Fsp3) is 0.769. The van der Waals surface area contributed by atoms with Crippen LogP contribution in [0.3, 0.4) is 0 Å². The Morgan fingerprint density at radius 3 is 2.50 bits per heavy atom. The summed E-state index contributed by atoms with van der Waals surface area (Å²) >= 11 is 5.09. The molecule has 0 saturated heterocycles. The molecule has 0 aromatic carbocycles. The highest BCUT2D eigenvalue weighted by Crippen LogP contribution is 2.38. The minimum atomic E-state index is 0.395. The van der Waals surface area contributed by atoms with Crippen LogP contribution in [0.25, 0.3) is 0 Å². The van der Waals surface area contributed by atoms with E-state index in [2.05, 4.69) is 15.0 Å². The molecule has 0 amide bonds. The zero-order valence-electron chi connectivity index (χ0n) is 10.6. The van der Waals surface area contributed by atoms with Crippen LogP contribution in [-0.4, -0.2) is 20.0 Å². The quantitative estimate of drug-likeness (QED) is 0.830. The van der Waals surface area contributed by atoms with Gasteiger partial charge in [0.1, 0.15) is 10.7 Å². The molecule has 1 aromatic rings. The summed E-state index contributed by atoms with van der Waals surface area (Å²) in [5.41, 5.74) is 7.72. The van der Waals surface area contributed by atoms with Gasteiger partial charge in [-0.2, -0.15) is 0 Å². The van der Waals surface area contributed by atoms with Gasteiger partial charge in [-0.15, -0.1) is 5.10 Å². The number of aromatic nitrogens is 3. The third-order valence-corrected chi connectivity index (χ3v) is 4.67. The first-order valence-corrected chi connectivity index (χ1v) is 7.39. The summed E-state index contributed by atoms with van der Waals surface area (Å²) in [4.78, 5) is 0.395. The van der Waals surface area contributed by atoms with E-state index in [1.54, 1.807) is 0 Å². The summed E-state index contributed by atoms with van der Waals surface area (Å²) in [7, 11) is 0. The SMILES string of the molecule is NC(=S)c1nnn(CCC2CCC2)c1C1CCC1. The van der Waals surface area contributed by atoms with Gasteiger partial charge in [-0.3, -0.25) is 0 Å². The fourth-order valence-electron chi connectivity index (χ4n) is 2.83. The van der Waals surface area contributed by atoms with Gasteiger partial charge < -0.3 is 5.73 Å². The van der Waals surface area contributed by atoms with E-state index in [-0.39, 0.29) is 0 Å². The summed E-state index contributed by atoms with van der Waals surface area (Å²) < 4.78 is 2.07. The van der Waals surface area contributed by atoms with E-state index in [0.29, 0.717) is 10.9 Å². The summed E-state index contributed by atoms with van der Waals surface area (Å²) in [5.74, 6) is 1.48. The molecule has 98 valence electrons. The van der Waals surface area contributed by atoms with Crippen molar-refractivity contribution >= 4 is 17.2 Å². The average molecular weight is 264 g/mol. The van der Waals surface area contributed by atoms with Crippen molar-refractivity contribution in [3.8, 4) is 0 Å². The highest BCUT2D eigenvalue weighted by atomic mass is 32.1. The zero-order valence-corrected chi connectivity index (χ0v) is 11.5. The Hall–Kier alpha value is -0.970. The van der Waals surface area contributed by atoms with Crippen molar-refractivity contribution in [3.63, 3.8) is 0 Å². The predicted octanol–water partition coefficient (Wildman–Crippen LogP) is 2.37. The molecule has 18 heavy (non-hydrogen) atoms. The van der Waals surface area contributed by atoms with E-state index >= 15 is 0 Å². The fourth-order valence-corrected chi connectivity index (χ4v) is 2.98. The average Bonchev–Trinajstić information content (AvgIpc) is 2.57. The monoisotopic (exact) mass is 264 g/mol. The first kappa shape index (κ1) is 12.1. The number of nitrogens with zero attached hydrogens (tertiary/aromatic N) is 3.